The van der Waals surface area contributed by atoms with Crippen molar-refractivity contribution in [2.45, 2.75) is 19.4 Å². The van der Waals surface area contributed by atoms with E-state index in [0.29, 0.717) is 23.6 Å². The molecule has 4 aromatic rings. The smallest absolute Gasteiger partial charge is 0.282 e. The third-order valence-electron chi connectivity index (χ3n) is 5.61. The Kier molecular flexibility index (Phi) is 4.79. The minimum atomic E-state index is -0.405. The molecule has 156 valence electrons. The number of aryl methyl sites for hydroxylation is 1. The molecule has 31 heavy (non-hydrogen) atoms. The van der Waals surface area contributed by atoms with E-state index in [1.165, 1.54) is 4.52 Å². The van der Waals surface area contributed by atoms with Crippen LogP contribution >= 0.6 is 11.6 Å². The number of rotatable bonds is 3. The van der Waals surface area contributed by atoms with Gasteiger partial charge in [-0.15, -0.1) is 0 Å². The zero-order chi connectivity index (χ0) is 21.5. The van der Waals surface area contributed by atoms with Crippen LogP contribution in [-0.2, 0) is 0 Å². The van der Waals surface area contributed by atoms with Gasteiger partial charge < -0.3 is 10.1 Å². The summed E-state index contributed by atoms with van der Waals surface area (Å²) < 4.78 is 7.07. The number of H-pyrrole nitrogens is 1. The van der Waals surface area contributed by atoms with Crippen LogP contribution in [0.15, 0.2) is 65.5 Å². The minimum Gasteiger partial charge on any atom is -0.493 e. The number of amides is 1. The second kappa shape index (κ2) is 7.63. The van der Waals surface area contributed by atoms with Crippen molar-refractivity contribution in [1.82, 2.24) is 14.9 Å². The third kappa shape index (κ3) is 3.39. The van der Waals surface area contributed by atoms with Gasteiger partial charge in [-0.05, 0) is 42.8 Å². The molecule has 3 heterocycles. The first-order valence-corrected chi connectivity index (χ1v) is 10.4. The van der Waals surface area contributed by atoms with Crippen LogP contribution in [0.25, 0.3) is 16.6 Å². The zero-order valence-corrected chi connectivity index (χ0v) is 17.6. The van der Waals surface area contributed by atoms with E-state index >= 15 is 0 Å². The van der Waals surface area contributed by atoms with Gasteiger partial charge in [-0.1, -0.05) is 41.9 Å². The first-order chi connectivity index (χ1) is 15.0. The summed E-state index contributed by atoms with van der Waals surface area (Å²) in [5, 5.41) is 6.70. The lowest BCUT2D eigenvalue weighted by atomic mass is 10.00. The molecule has 5 rings (SSSR count). The zero-order valence-electron chi connectivity index (χ0n) is 16.8. The number of hydrogen-bond donors (Lipinski definition) is 2. The normalized spacial score (nSPS) is 15.4. The molecular formula is C24H20ClN3O3. The summed E-state index contributed by atoms with van der Waals surface area (Å²) in [5.74, 6) is 0.357. The molecule has 2 N–H and O–H groups in total. The highest BCUT2D eigenvalue weighted by Crippen LogP contribution is 2.32. The fourth-order valence-electron chi connectivity index (χ4n) is 4.17. The second-order valence-electron chi connectivity index (χ2n) is 7.60. The van der Waals surface area contributed by atoms with Crippen LogP contribution in [0.3, 0.4) is 0 Å². The first-order valence-electron chi connectivity index (χ1n) is 10.1. The van der Waals surface area contributed by atoms with E-state index in [1.54, 1.807) is 18.2 Å². The van der Waals surface area contributed by atoms with Crippen LogP contribution in [0.1, 0.15) is 34.1 Å². The maximum atomic E-state index is 13.1. The molecule has 1 aliphatic heterocycles. The summed E-state index contributed by atoms with van der Waals surface area (Å²) in [5.41, 5.74) is 3.89. The van der Waals surface area contributed by atoms with Gasteiger partial charge >= 0.3 is 0 Å². The molecule has 0 saturated carbocycles. The van der Waals surface area contributed by atoms with Crippen molar-refractivity contribution in [3.63, 3.8) is 0 Å². The topological polar surface area (TPSA) is 75.6 Å². The van der Waals surface area contributed by atoms with Crippen LogP contribution < -0.4 is 15.6 Å². The monoisotopic (exact) mass is 433 g/mol. The van der Waals surface area contributed by atoms with Gasteiger partial charge in [0, 0.05) is 28.3 Å². The van der Waals surface area contributed by atoms with Crippen molar-refractivity contribution in [3.8, 4) is 16.9 Å². The lowest BCUT2D eigenvalue weighted by molar-refractivity contribution is 0.0923. The molecule has 1 aliphatic rings. The van der Waals surface area contributed by atoms with Crippen LogP contribution in [0.2, 0.25) is 5.02 Å². The summed E-state index contributed by atoms with van der Waals surface area (Å²) in [4.78, 5) is 26.1. The predicted octanol–water partition coefficient (Wildman–Crippen LogP) is 4.51. The van der Waals surface area contributed by atoms with Gasteiger partial charge in [0.05, 0.1) is 18.2 Å². The molecule has 0 bridgehead atoms. The number of nitrogens with one attached hydrogen (secondary N) is 2. The molecule has 1 amide bonds. The standard InChI is InChI=1S/C24H20ClN3O3/c1-14-22(15-5-4-6-16(25)13-15)20-10-9-18(24(30)28(20)27-14)23(29)26-19-11-12-31-21-8-3-2-7-17(19)21/h2-10,13,19,27H,11-12H2,1H3,(H,26,29)/t19-/m0/s1. The highest BCUT2D eigenvalue weighted by Gasteiger charge is 2.25. The fourth-order valence-corrected chi connectivity index (χ4v) is 4.36. The van der Waals surface area contributed by atoms with Gasteiger partial charge in [0.25, 0.3) is 11.5 Å². The van der Waals surface area contributed by atoms with E-state index in [1.807, 2.05) is 49.4 Å². The Hall–Kier alpha value is -3.51. The lowest BCUT2D eigenvalue weighted by Gasteiger charge is -2.26. The van der Waals surface area contributed by atoms with E-state index in [4.69, 9.17) is 16.3 Å². The number of aromatic amines is 1. The van der Waals surface area contributed by atoms with Gasteiger partial charge in [-0.25, -0.2) is 4.52 Å². The maximum Gasteiger partial charge on any atom is 0.282 e. The number of aromatic nitrogens is 2. The number of ether oxygens (including phenoxy) is 1. The van der Waals surface area contributed by atoms with Gasteiger partial charge in [0.15, 0.2) is 0 Å². The molecule has 6 nitrogen and oxygen atoms in total. The quantitative estimate of drug-likeness (QED) is 0.499. The average molecular weight is 434 g/mol. The Bertz CT molecular complexity index is 1370. The Morgan fingerprint density at radius 1 is 1.16 bits per heavy atom. The number of halogens is 1. The van der Waals surface area contributed by atoms with Gasteiger partial charge in [0.2, 0.25) is 0 Å². The lowest BCUT2D eigenvalue weighted by Crippen LogP contribution is -2.36. The summed E-state index contributed by atoms with van der Waals surface area (Å²) in [6.45, 7) is 2.40. The molecule has 2 aromatic carbocycles. The van der Waals surface area contributed by atoms with Crippen molar-refractivity contribution in [2.75, 3.05) is 6.61 Å². The van der Waals surface area contributed by atoms with E-state index in [0.717, 1.165) is 28.1 Å². The Labute approximate surface area is 183 Å². The molecule has 0 spiro atoms. The summed E-state index contributed by atoms with van der Waals surface area (Å²) >= 11 is 6.15. The number of para-hydroxylation sites is 1. The van der Waals surface area contributed by atoms with Crippen molar-refractivity contribution < 1.29 is 9.53 Å². The Morgan fingerprint density at radius 2 is 2.00 bits per heavy atom. The summed E-state index contributed by atoms with van der Waals surface area (Å²) in [7, 11) is 0. The Morgan fingerprint density at radius 3 is 2.84 bits per heavy atom. The minimum absolute atomic E-state index is 0.0837. The molecule has 0 unspecified atom stereocenters. The summed E-state index contributed by atoms with van der Waals surface area (Å²) in [6.07, 6.45) is 0.646. The number of nitrogens with zero attached hydrogens (tertiary/aromatic N) is 1. The van der Waals surface area contributed by atoms with Crippen LogP contribution in [0.5, 0.6) is 5.75 Å². The second-order valence-corrected chi connectivity index (χ2v) is 8.03. The van der Waals surface area contributed by atoms with Gasteiger partial charge in [-0.3, -0.25) is 14.7 Å². The highest BCUT2D eigenvalue weighted by molar-refractivity contribution is 6.30. The number of hydrogen-bond acceptors (Lipinski definition) is 3. The number of benzene rings is 2. The van der Waals surface area contributed by atoms with E-state index < -0.39 is 11.5 Å². The highest BCUT2D eigenvalue weighted by atomic mass is 35.5. The van der Waals surface area contributed by atoms with Crippen molar-refractivity contribution in [3.05, 3.63) is 92.9 Å². The first kappa shape index (κ1) is 19.5. The number of pyridine rings is 1. The predicted molar refractivity (Wildman–Crippen MR) is 120 cm³/mol. The van der Waals surface area contributed by atoms with Crippen molar-refractivity contribution in [2.24, 2.45) is 0 Å². The van der Waals surface area contributed by atoms with E-state index in [2.05, 4.69) is 10.4 Å². The van der Waals surface area contributed by atoms with Gasteiger partial charge in [0.1, 0.15) is 11.3 Å². The SMILES string of the molecule is Cc1[nH]n2c(=O)c(C(=O)N[C@H]3CCOc4ccccc43)ccc2c1-c1cccc(Cl)c1. The van der Waals surface area contributed by atoms with Crippen LogP contribution in [-0.4, -0.2) is 22.1 Å². The number of carbonyl (C=O) groups is 1. The molecule has 0 fully saturated rings. The molecule has 0 saturated heterocycles. The fraction of sp³-hybridized carbons (Fsp3) is 0.167. The average Bonchev–Trinajstić information content (AvgIpc) is 3.11. The Balaban J connectivity index is 1.51. The molecule has 0 aliphatic carbocycles. The van der Waals surface area contributed by atoms with Crippen molar-refractivity contribution >= 4 is 23.0 Å². The van der Waals surface area contributed by atoms with Crippen molar-refractivity contribution in [1.29, 1.82) is 0 Å². The molecule has 2 aromatic heterocycles. The summed E-state index contributed by atoms with van der Waals surface area (Å²) in [6, 6.07) is 18.2. The molecule has 0 radical (unpaired) electrons. The maximum absolute atomic E-state index is 13.1. The van der Waals surface area contributed by atoms with E-state index in [-0.39, 0.29) is 11.6 Å². The van der Waals surface area contributed by atoms with Crippen LogP contribution in [0.4, 0.5) is 0 Å². The van der Waals surface area contributed by atoms with Gasteiger partial charge in [-0.2, -0.15) is 0 Å². The molecule has 7 heteroatoms. The molecule has 1 atom stereocenters. The number of carbonyl (C=O) groups excluding carboxylic acids is 1. The molecular weight excluding hydrogens is 414 g/mol. The van der Waals surface area contributed by atoms with E-state index in [9.17, 15) is 9.59 Å². The van der Waals surface area contributed by atoms with Crippen LogP contribution in [0, 0.1) is 6.92 Å². The third-order valence-corrected chi connectivity index (χ3v) is 5.85. The largest absolute Gasteiger partial charge is 0.493 e. The number of fused-ring (bicyclic) bond motifs is 2.